The predicted molar refractivity (Wildman–Crippen MR) is 121 cm³/mol. The number of unbranched alkanes of at least 4 members (excludes halogenated alkanes) is 1. The highest BCUT2D eigenvalue weighted by molar-refractivity contribution is 5.91. The van der Waals surface area contributed by atoms with Crippen molar-refractivity contribution in [1.82, 2.24) is 10.6 Å². The molecule has 1 unspecified atom stereocenters. The lowest BCUT2D eigenvalue weighted by Crippen LogP contribution is -2.40. The Morgan fingerprint density at radius 1 is 1.06 bits per heavy atom. The number of hydrogen-bond donors (Lipinski definition) is 3. The maximum Gasteiger partial charge on any atom is 0.407 e. The molecule has 0 spiro atoms. The van der Waals surface area contributed by atoms with Crippen molar-refractivity contribution in [3.05, 3.63) is 71.8 Å². The van der Waals surface area contributed by atoms with Crippen LogP contribution in [0.5, 0.6) is 0 Å². The van der Waals surface area contributed by atoms with E-state index in [-0.39, 0.29) is 19.1 Å². The SMILES string of the molecule is CCCCC(NC(=O)/C=C/CNC(=O)OCC1c2ccccc2-c2ccccc21)C(=O)O. The number of carbonyl (C=O) groups excluding carboxylic acids is 2. The van der Waals surface area contributed by atoms with Crippen molar-refractivity contribution in [3.63, 3.8) is 0 Å². The number of amides is 2. The monoisotopic (exact) mass is 436 g/mol. The molecule has 3 N–H and O–H groups in total. The van der Waals surface area contributed by atoms with E-state index in [9.17, 15) is 14.4 Å². The van der Waals surface area contributed by atoms with Crippen LogP contribution in [0.2, 0.25) is 0 Å². The molecule has 1 aliphatic rings. The molecule has 0 fully saturated rings. The van der Waals surface area contributed by atoms with Crippen LogP contribution in [0.3, 0.4) is 0 Å². The second kappa shape index (κ2) is 11.1. The third-order valence-corrected chi connectivity index (χ3v) is 5.44. The summed E-state index contributed by atoms with van der Waals surface area (Å²) in [7, 11) is 0. The quantitative estimate of drug-likeness (QED) is 0.491. The molecule has 0 radical (unpaired) electrons. The number of nitrogens with one attached hydrogen (secondary N) is 2. The van der Waals surface area contributed by atoms with Gasteiger partial charge in [-0.25, -0.2) is 9.59 Å². The fourth-order valence-corrected chi connectivity index (χ4v) is 3.84. The average molecular weight is 437 g/mol. The molecule has 2 aromatic carbocycles. The van der Waals surface area contributed by atoms with Crippen LogP contribution >= 0.6 is 0 Å². The van der Waals surface area contributed by atoms with Crippen molar-refractivity contribution in [2.24, 2.45) is 0 Å². The summed E-state index contributed by atoms with van der Waals surface area (Å²) < 4.78 is 5.42. The number of carboxylic acid groups (broad SMARTS) is 1. The fourth-order valence-electron chi connectivity index (χ4n) is 3.84. The van der Waals surface area contributed by atoms with Crippen molar-refractivity contribution in [2.75, 3.05) is 13.2 Å². The zero-order valence-electron chi connectivity index (χ0n) is 18.0. The highest BCUT2D eigenvalue weighted by Gasteiger charge is 2.28. The zero-order valence-corrected chi connectivity index (χ0v) is 18.0. The molecule has 1 atom stereocenters. The van der Waals surface area contributed by atoms with Gasteiger partial charge in [-0.15, -0.1) is 0 Å². The molecule has 3 rings (SSSR count). The number of fused-ring (bicyclic) bond motifs is 3. The Bertz CT molecular complexity index is 956. The van der Waals surface area contributed by atoms with Crippen LogP contribution in [0, 0.1) is 0 Å². The smallest absolute Gasteiger partial charge is 0.407 e. The summed E-state index contributed by atoms with van der Waals surface area (Å²) in [4.78, 5) is 35.2. The number of hydrogen-bond acceptors (Lipinski definition) is 4. The Balaban J connectivity index is 1.46. The van der Waals surface area contributed by atoms with Gasteiger partial charge in [0.25, 0.3) is 0 Å². The molecule has 0 aromatic heterocycles. The number of aliphatic carboxylic acids is 1. The Labute approximate surface area is 187 Å². The average Bonchev–Trinajstić information content (AvgIpc) is 3.11. The summed E-state index contributed by atoms with van der Waals surface area (Å²) in [6, 6.07) is 15.3. The molecule has 168 valence electrons. The van der Waals surface area contributed by atoms with Crippen molar-refractivity contribution >= 4 is 18.0 Å². The van der Waals surface area contributed by atoms with Gasteiger partial charge in [-0.05, 0) is 28.7 Å². The lowest BCUT2D eigenvalue weighted by Gasteiger charge is -2.14. The molecule has 0 heterocycles. The van der Waals surface area contributed by atoms with Crippen molar-refractivity contribution in [2.45, 2.75) is 38.1 Å². The molecule has 0 saturated heterocycles. The predicted octanol–water partition coefficient (Wildman–Crippen LogP) is 3.84. The van der Waals surface area contributed by atoms with Gasteiger partial charge < -0.3 is 20.5 Å². The summed E-state index contributed by atoms with van der Waals surface area (Å²) in [5, 5.41) is 14.2. The van der Waals surface area contributed by atoms with Gasteiger partial charge in [-0.1, -0.05) is 74.4 Å². The minimum atomic E-state index is -1.06. The first kappa shape index (κ1) is 23.1. The van der Waals surface area contributed by atoms with Crippen LogP contribution in [-0.4, -0.2) is 42.3 Å². The van der Waals surface area contributed by atoms with E-state index in [1.54, 1.807) is 0 Å². The van der Waals surface area contributed by atoms with Crippen LogP contribution in [0.4, 0.5) is 4.79 Å². The van der Waals surface area contributed by atoms with Crippen LogP contribution in [0.15, 0.2) is 60.7 Å². The Morgan fingerprint density at radius 3 is 2.28 bits per heavy atom. The second-order valence-corrected chi connectivity index (χ2v) is 7.65. The summed E-state index contributed by atoms with van der Waals surface area (Å²) in [5.74, 6) is -1.59. The molecule has 7 heteroatoms. The molecule has 7 nitrogen and oxygen atoms in total. The van der Waals surface area contributed by atoms with Gasteiger partial charge in [-0.3, -0.25) is 4.79 Å². The molecular weight excluding hydrogens is 408 g/mol. The lowest BCUT2D eigenvalue weighted by atomic mass is 9.98. The number of ether oxygens (including phenoxy) is 1. The van der Waals surface area contributed by atoms with Crippen molar-refractivity contribution in [3.8, 4) is 11.1 Å². The minimum absolute atomic E-state index is 0.0226. The molecule has 0 bridgehead atoms. The van der Waals surface area contributed by atoms with Gasteiger partial charge in [-0.2, -0.15) is 0 Å². The van der Waals surface area contributed by atoms with E-state index >= 15 is 0 Å². The summed E-state index contributed by atoms with van der Waals surface area (Å²) in [6.45, 7) is 2.26. The van der Waals surface area contributed by atoms with Crippen LogP contribution < -0.4 is 10.6 Å². The Kier molecular flexibility index (Phi) is 8.02. The van der Waals surface area contributed by atoms with E-state index in [1.165, 1.54) is 12.2 Å². The number of benzene rings is 2. The van der Waals surface area contributed by atoms with Crippen molar-refractivity contribution in [1.29, 1.82) is 0 Å². The zero-order chi connectivity index (χ0) is 22.9. The fraction of sp³-hybridized carbons (Fsp3) is 0.320. The van der Waals surface area contributed by atoms with E-state index in [1.807, 2.05) is 43.3 Å². The maximum atomic E-state index is 12.1. The number of rotatable bonds is 10. The van der Waals surface area contributed by atoms with Gasteiger partial charge in [0.2, 0.25) is 5.91 Å². The number of carbonyl (C=O) groups is 3. The largest absolute Gasteiger partial charge is 0.480 e. The van der Waals surface area contributed by atoms with Gasteiger partial charge in [0.15, 0.2) is 0 Å². The number of alkyl carbamates (subject to hydrolysis) is 1. The normalized spacial score (nSPS) is 13.3. The van der Waals surface area contributed by atoms with Gasteiger partial charge >= 0.3 is 12.1 Å². The first-order chi connectivity index (χ1) is 15.5. The Morgan fingerprint density at radius 2 is 1.69 bits per heavy atom. The summed E-state index contributed by atoms with van der Waals surface area (Å²) in [6.07, 6.45) is 4.03. The van der Waals surface area contributed by atoms with Gasteiger partial charge in [0, 0.05) is 18.5 Å². The third kappa shape index (κ3) is 5.75. The third-order valence-electron chi connectivity index (χ3n) is 5.44. The molecule has 2 aromatic rings. The van der Waals surface area contributed by atoms with Crippen molar-refractivity contribution < 1.29 is 24.2 Å². The number of carboxylic acids is 1. The first-order valence-electron chi connectivity index (χ1n) is 10.8. The topological polar surface area (TPSA) is 105 Å². The van der Waals surface area contributed by atoms with E-state index in [0.29, 0.717) is 12.8 Å². The molecular formula is C25H28N2O5. The lowest BCUT2D eigenvalue weighted by molar-refractivity contribution is -0.141. The van der Waals surface area contributed by atoms with Gasteiger partial charge in [0.1, 0.15) is 12.6 Å². The molecule has 2 amide bonds. The summed E-state index contributed by atoms with van der Waals surface area (Å²) in [5.41, 5.74) is 4.58. The van der Waals surface area contributed by atoms with E-state index < -0.39 is 24.0 Å². The standard InChI is InChI=1S/C25H28N2O5/c1-2-3-13-22(24(29)30)27-23(28)14-8-15-26-25(31)32-16-21-19-11-6-4-9-17(19)18-10-5-7-12-20(18)21/h4-12,14,21-22H,2-3,13,15-16H2,1H3,(H,26,31)(H,27,28)(H,29,30)/b14-8+. The molecule has 32 heavy (non-hydrogen) atoms. The van der Waals surface area contributed by atoms with E-state index in [0.717, 1.165) is 28.7 Å². The highest BCUT2D eigenvalue weighted by Crippen LogP contribution is 2.44. The first-order valence-corrected chi connectivity index (χ1v) is 10.8. The van der Waals surface area contributed by atoms with Crippen LogP contribution in [0.25, 0.3) is 11.1 Å². The molecule has 1 aliphatic carbocycles. The summed E-state index contributed by atoms with van der Waals surface area (Å²) >= 11 is 0. The van der Waals surface area contributed by atoms with Crippen LogP contribution in [-0.2, 0) is 14.3 Å². The molecule has 0 saturated carbocycles. The minimum Gasteiger partial charge on any atom is -0.480 e. The maximum absolute atomic E-state index is 12.1. The van der Waals surface area contributed by atoms with Gasteiger partial charge in [0.05, 0.1) is 0 Å². The second-order valence-electron chi connectivity index (χ2n) is 7.65. The Hall–Kier alpha value is -3.61. The highest BCUT2D eigenvalue weighted by atomic mass is 16.5. The molecule has 0 aliphatic heterocycles. The van der Waals surface area contributed by atoms with Crippen LogP contribution in [0.1, 0.15) is 43.2 Å². The van der Waals surface area contributed by atoms with E-state index in [4.69, 9.17) is 9.84 Å². The van der Waals surface area contributed by atoms with E-state index in [2.05, 4.69) is 22.8 Å².